The first kappa shape index (κ1) is 16.1. The van der Waals surface area contributed by atoms with E-state index in [0.29, 0.717) is 5.82 Å². The largest absolute Gasteiger partial charge is 0.481 e. The number of nitrogens with one attached hydrogen (secondary N) is 1. The summed E-state index contributed by atoms with van der Waals surface area (Å²) in [6.45, 7) is 0. The number of carbonyl (C=O) groups excluding carboxylic acids is 1. The summed E-state index contributed by atoms with van der Waals surface area (Å²) >= 11 is 0. The Morgan fingerprint density at radius 2 is 2.04 bits per heavy atom. The molecule has 1 aliphatic rings. The third-order valence-corrected chi connectivity index (χ3v) is 4.21. The lowest BCUT2D eigenvalue weighted by molar-refractivity contribution is -0.147. The van der Waals surface area contributed by atoms with Crippen LogP contribution >= 0.6 is 0 Å². The molecule has 2 aromatic heterocycles. The fourth-order valence-corrected chi connectivity index (χ4v) is 3.04. The van der Waals surface area contributed by atoms with Gasteiger partial charge in [-0.2, -0.15) is 0 Å². The molecule has 126 valence electrons. The molecule has 2 aromatic rings. The van der Waals surface area contributed by atoms with E-state index in [0.717, 1.165) is 31.9 Å². The van der Waals surface area contributed by atoms with Crippen LogP contribution in [0.25, 0.3) is 5.82 Å². The zero-order valence-electron chi connectivity index (χ0n) is 12.9. The van der Waals surface area contributed by atoms with Gasteiger partial charge in [-0.25, -0.2) is 14.1 Å². The lowest BCUT2D eigenvalue weighted by Gasteiger charge is -2.17. The molecule has 1 aliphatic carbocycles. The third kappa shape index (κ3) is 3.42. The molecule has 1 amide bonds. The van der Waals surface area contributed by atoms with Crippen molar-refractivity contribution in [1.29, 1.82) is 0 Å². The van der Waals surface area contributed by atoms with Crippen LogP contribution in [0.2, 0.25) is 0 Å². The van der Waals surface area contributed by atoms with Crippen LogP contribution in [0.5, 0.6) is 0 Å². The second-order valence-electron chi connectivity index (χ2n) is 5.83. The first-order valence-electron chi connectivity index (χ1n) is 7.76. The molecule has 8 heteroatoms. The van der Waals surface area contributed by atoms with Crippen molar-refractivity contribution in [2.75, 3.05) is 5.32 Å². The standard InChI is InChI=1S/C16H17FN4O3/c17-11-5-6-13(18-9-11)21-8-7-12(20-21)19-15(22)14(16(23)24)10-3-1-2-4-10/h5-10,14H,1-4H2,(H,23,24)(H,19,20,22). The highest BCUT2D eigenvalue weighted by atomic mass is 19.1. The average molecular weight is 332 g/mol. The summed E-state index contributed by atoms with van der Waals surface area (Å²) < 4.78 is 14.3. The van der Waals surface area contributed by atoms with Gasteiger partial charge in [0, 0.05) is 12.3 Å². The van der Waals surface area contributed by atoms with E-state index in [1.165, 1.54) is 22.9 Å². The Kier molecular flexibility index (Phi) is 4.54. The van der Waals surface area contributed by atoms with Gasteiger partial charge < -0.3 is 10.4 Å². The van der Waals surface area contributed by atoms with Crippen LogP contribution in [0.1, 0.15) is 25.7 Å². The number of hydrogen-bond donors (Lipinski definition) is 2. The van der Waals surface area contributed by atoms with E-state index >= 15 is 0 Å². The summed E-state index contributed by atoms with van der Waals surface area (Å²) in [5.41, 5.74) is 0. The van der Waals surface area contributed by atoms with Crippen molar-refractivity contribution in [3.05, 3.63) is 36.4 Å². The summed E-state index contributed by atoms with van der Waals surface area (Å²) in [4.78, 5) is 27.7. The number of pyridine rings is 1. The Balaban J connectivity index is 1.72. The molecule has 0 aliphatic heterocycles. The Morgan fingerprint density at radius 3 is 2.67 bits per heavy atom. The molecule has 0 aromatic carbocycles. The van der Waals surface area contributed by atoms with E-state index in [2.05, 4.69) is 15.4 Å². The number of halogens is 1. The molecule has 2 N–H and O–H groups in total. The van der Waals surface area contributed by atoms with Crippen LogP contribution in [-0.2, 0) is 9.59 Å². The number of aromatic nitrogens is 3. The van der Waals surface area contributed by atoms with Crippen molar-refractivity contribution in [1.82, 2.24) is 14.8 Å². The van der Waals surface area contributed by atoms with Crippen molar-refractivity contribution in [2.24, 2.45) is 11.8 Å². The van der Waals surface area contributed by atoms with Gasteiger partial charge in [-0.15, -0.1) is 5.10 Å². The molecule has 24 heavy (non-hydrogen) atoms. The molecule has 3 rings (SSSR count). The molecular weight excluding hydrogens is 315 g/mol. The van der Waals surface area contributed by atoms with Gasteiger partial charge in [0.05, 0.1) is 6.20 Å². The Bertz CT molecular complexity index is 738. The molecule has 1 saturated carbocycles. The SMILES string of the molecule is O=C(O)C(C(=O)Nc1ccn(-c2ccc(F)cn2)n1)C1CCCC1. The number of carbonyl (C=O) groups is 2. The smallest absolute Gasteiger partial charge is 0.316 e. The number of carboxylic acids is 1. The van der Waals surface area contributed by atoms with Crippen LogP contribution in [0.3, 0.4) is 0 Å². The van der Waals surface area contributed by atoms with Crippen molar-refractivity contribution < 1.29 is 19.1 Å². The van der Waals surface area contributed by atoms with E-state index in [9.17, 15) is 19.1 Å². The number of rotatable bonds is 5. The topological polar surface area (TPSA) is 97.1 Å². The maximum absolute atomic E-state index is 12.9. The maximum atomic E-state index is 12.9. The number of carboxylic acid groups (broad SMARTS) is 1. The van der Waals surface area contributed by atoms with E-state index in [4.69, 9.17) is 0 Å². The van der Waals surface area contributed by atoms with Crippen LogP contribution in [0.15, 0.2) is 30.6 Å². The Hall–Kier alpha value is -2.77. The normalized spacial score (nSPS) is 16.0. The first-order valence-corrected chi connectivity index (χ1v) is 7.76. The summed E-state index contributed by atoms with van der Waals surface area (Å²) in [6, 6.07) is 4.24. The van der Waals surface area contributed by atoms with Crippen LogP contribution in [0, 0.1) is 17.7 Å². The minimum atomic E-state index is -1.11. The second-order valence-corrected chi connectivity index (χ2v) is 5.83. The summed E-state index contributed by atoms with van der Waals surface area (Å²) in [7, 11) is 0. The predicted molar refractivity (Wildman–Crippen MR) is 83.0 cm³/mol. The molecule has 0 spiro atoms. The molecule has 0 radical (unpaired) electrons. The quantitative estimate of drug-likeness (QED) is 0.818. The number of nitrogens with zero attached hydrogens (tertiary/aromatic N) is 3. The summed E-state index contributed by atoms with van der Waals surface area (Å²) in [5, 5.41) is 16.0. The number of amides is 1. The van der Waals surface area contributed by atoms with Crippen LogP contribution in [-0.4, -0.2) is 31.7 Å². The zero-order valence-corrected chi connectivity index (χ0v) is 12.9. The minimum absolute atomic E-state index is 0.136. The lowest BCUT2D eigenvalue weighted by Crippen LogP contribution is -2.34. The van der Waals surface area contributed by atoms with Crippen molar-refractivity contribution >= 4 is 17.7 Å². The monoisotopic (exact) mass is 332 g/mol. The van der Waals surface area contributed by atoms with Gasteiger partial charge in [0.25, 0.3) is 0 Å². The molecule has 2 heterocycles. The lowest BCUT2D eigenvalue weighted by atomic mass is 9.90. The van der Waals surface area contributed by atoms with E-state index < -0.39 is 23.6 Å². The summed E-state index contributed by atoms with van der Waals surface area (Å²) in [5.74, 6) is -2.71. The van der Waals surface area contributed by atoms with Gasteiger partial charge in [0.2, 0.25) is 5.91 Å². The van der Waals surface area contributed by atoms with Gasteiger partial charge in [0.1, 0.15) is 11.7 Å². The second kappa shape index (κ2) is 6.77. The fraction of sp³-hybridized carbons (Fsp3) is 0.375. The Labute approximate surface area is 137 Å². The highest BCUT2D eigenvalue weighted by Gasteiger charge is 2.36. The van der Waals surface area contributed by atoms with Crippen molar-refractivity contribution in [2.45, 2.75) is 25.7 Å². The van der Waals surface area contributed by atoms with Crippen molar-refractivity contribution in [3.63, 3.8) is 0 Å². The zero-order chi connectivity index (χ0) is 17.1. The molecule has 1 atom stereocenters. The van der Waals surface area contributed by atoms with Gasteiger partial charge >= 0.3 is 5.97 Å². The first-order chi connectivity index (χ1) is 11.5. The Morgan fingerprint density at radius 1 is 1.29 bits per heavy atom. The molecular formula is C16H17FN4O3. The molecule has 1 fully saturated rings. The highest BCUT2D eigenvalue weighted by Crippen LogP contribution is 2.32. The van der Waals surface area contributed by atoms with Gasteiger partial charge in [-0.1, -0.05) is 12.8 Å². The number of hydrogen-bond acceptors (Lipinski definition) is 4. The van der Waals surface area contributed by atoms with E-state index in [1.807, 2.05) is 0 Å². The van der Waals surface area contributed by atoms with E-state index in [1.54, 1.807) is 6.20 Å². The summed E-state index contributed by atoms with van der Waals surface area (Å²) in [6.07, 6.45) is 6.02. The minimum Gasteiger partial charge on any atom is -0.481 e. The van der Waals surface area contributed by atoms with Gasteiger partial charge in [0.15, 0.2) is 11.6 Å². The number of anilines is 1. The highest BCUT2D eigenvalue weighted by molar-refractivity contribution is 6.04. The average Bonchev–Trinajstić information content (AvgIpc) is 3.20. The van der Waals surface area contributed by atoms with Gasteiger partial charge in [-0.05, 0) is 30.9 Å². The van der Waals surface area contributed by atoms with Crippen LogP contribution in [0.4, 0.5) is 10.2 Å². The molecule has 1 unspecified atom stereocenters. The molecule has 7 nitrogen and oxygen atoms in total. The fourth-order valence-electron chi connectivity index (χ4n) is 3.04. The van der Waals surface area contributed by atoms with Crippen LogP contribution < -0.4 is 5.32 Å². The number of aliphatic carboxylic acids is 1. The van der Waals surface area contributed by atoms with E-state index in [-0.39, 0.29) is 11.7 Å². The predicted octanol–water partition coefficient (Wildman–Crippen LogP) is 2.24. The van der Waals surface area contributed by atoms with Crippen molar-refractivity contribution in [3.8, 4) is 5.82 Å². The molecule has 0 bridgehead atoms. The maximum Gasteiger partial charge on any atom is 0.316 e. The molecule has 0 saturated heterocycles. The third-order valence-electron chi connectivity index (χ3n) is 4.21. The van der Waals surface area contributed by atoms with Gasteiger partial charge in [-0.3, -0.25) is 9.59 Å².